The van der Waals surface area contributed by atoms with Gasteiger partial charge in [-0.25, -0.2) is 13.8 Å². The summed E-state index contributed by atoms with van der Waals surface area (Å²) < 4.78 is 37.4. The molecule has 9 nitrogen and oxygen atoms in total. The quantitative estimate of drug-likeness (QED) is 0.615. The minimum Gasteiger partial charge on any atom is -0.381 e. The van der Waals surface area contributed by atoms with Gasteiger partial charge in [0.05, 0.1) is 24.1 Å². The van der Waals surface area contributed by atoms with Crippen molar-refractivity contribution in [3.63, 3.8) is 0 Å². The number of terminal acetylenes is 1. The molecule has 0 atom stereocenters. The smallest absolute Gasteiger partial charge is 0.334 e. The Morgan fingerprint density at radius 1 is 1.18 bits per heavy atom. The third kappa shape index (κ3) is 4.38. The fourth-order valence-corrected chi connectivity index (χ4v) is 6.74. The first-order valence-corrected chi connectivity index (χ1v) is 13.2. The summed E-state index contributed by atoms with van der Waals surface area (Å²) in [5, 5.41) is 7.07. The third-order valence-corrected chi connectivity index (χ3v) is 8.31. The molecule has 34 heavy (non-hydrogen) atoms. The molecule has 3 aliphatic rings. The lowest BCUT2D eigenvalue weighted by atomic mass is 9.99. The fourth-order valence-electron chi connectivity index (χ4n) is 5.38. The molecule has 1 aromatic heterocycles. The van der Waals surface area contributed by atoms with Gasteiger partial charge in [0.15, 0.2) is 0 Å². The van der Waals surface area contributed by atoms with Crippen molar-refractivity contribution in [2.24, 2.45) is 0 Å². The van der Waals surface area contributed by atoms with E-state index in [4.69, 9.17) is 11.2 Å². The molecule has 2 aromatic rings. The van der Waals surface area contributed by atoms with E-state index in [0.29, 0.717) is 31.7 Å². The summed E-state index contributed by atoms with van der Waals surface area (Å²) in [5.41, 5.74) is 5.99. The van der Waals surface area contributed by atoms with Gasteiger partial charge in [0, 0.05) is 18.9 Å². The third-order valence-electron chi connectivity index (χ3n) is 6.84. The molecule has 2 N–H and O–H groups in total. The summed E-state index contributed by atoms with van der Waals surface area (Å²) >= 11 is 0. The molecule has 10 heteroatoms. The predicted molar refractivity (Wildman–Crippen MR) is 129 cm³/mol. The normalized spacial score (nSPS) is 17.6. The molecule has 1 aliphatic heterocycles. The Bertz CT molecular complexity index is 1210. The van der Waals surface area contributed by atoms with Crippen molar-refractivity contribution in [3.05, 3.63) is 40.7 Å². The second-order valence-electron chi connectivity index (χ2n) is 9.03. The lowest BCUT2D eigenvalue weighted by molar-refractivity contribution is 0.0875. The van der Waals surface area contributed by atoms with Crippen molar-refractivity contribution in [1.29, 1.82) is 0 Å². The predicted octanol–water partition coefficient (Wildman–Crippen LogP) is 2.55. The number of amides is 2. The Labute approximate surface area is 200 Å². The maximum absolute atomic E-state index is 13.5. The number of carbonyl (C=O) groups is 1. The minimum atomic E-state index is -4.21. The Morgan fingerprint density at radius 3 is 2.50 bits per heavy atom. The topological polar surface area (TPSA) is 106 Å². The van der Waals surface area contributed by atoms with E-state index in [1.807, 2.05) is 0 Å². The van der Waals surface area contributed by atoms with Gasteiger partial charge in [-0.05, 0) is 73.6 Å². The Hall–Kier alpha value is -3.03. The number of hydrogen-bond acceptors (Lipinski definition) is 5. The number of benzene rings is 1. The summed E-state index contributed by atoms with van der Waals surface area (Å²) in [4.78, 5) is 13.1. The van der Waals surface area contributed by atoms with Crippen LogP contribution in [0.5, 0.6) is 0 Å². The average Bonchev–Trinajstić information content (AvgIpc) is 3.55. The number of aromatic nitrogens is 2. The van der Waals surface area contributed by atoms with Crippen LogP contribution in [-0.2, 0) is 47.2 Å². The zero-order valence-electron chi connectivity index (χ0n) is 19.0. The number of ether oxygens (including phenoxy) is 1. The first kappa shape index (κ1) is 22.7. The molecule has 0 spiro atoms. The molecule has 2 aliphatic carbocycles. The number of nitrogens with one attached hydrogen (secondary N) is 2. The molecule has 0 unspecified atom stereocenters. The van der Waals surface area contributed by atoms with Crippen LogP contribution >= 0.6 is 0 Å². The summed E-state index contributed by atoms with van der Waals surface area (Å²) in [6, 6.07) is 1.17. The SMILES string of the molecule is C#CCn1cc(N(C2CCOCC2)S(=O)(=O)NC(=O)Nc2c3c(cc4c2CCC4)CCC3)cn1. The highest BCUT2D eigenvalue weighted by atomic mass is 32.2. The van der Waals surface area contributed by atoms with Crippen molar-refractivity contribution in [3.8, 4) is 12.3 Å². The molecule has 1 aromatic carbocycles. The fraction of sp³-hybridized carbons (Fsp3) is 0.500. The molecule has 2 heterocycles. The van der Waals surface area contributed by atoms with E-state index >= 15 is 0 Å². The van der Waals surface area contributed by atoms with Crippen LogP contribution in [-0.4, -0.2) is 43.5 Å². The van der Waals surface area contributed by atoms with Crippen molar-refractivity contribution in [2.45, 2.75) is 64.0 Å². The van der Waals surface area contributed by atoms with E-state index in [1.165, 1.54) is 26.3 Å². The molecule has 0 bridgehead atoms. The molecule has 1 saturated heterocycles. The molecule has 2 amide bonds. The van der Waals surface area contributed by atoms with E-state index < -0.39 is 16.2 Å². The largest absolute Gasteiger partial charge is 0.381 e. The van der Waals surface area contributed by atoms with Gasteiger partial charge in [0.2, 0.25) is 0 Å². The molecule has 0 radical (unpaired) electrons. The number of fused-ring (bicyclic) bond motifs is 2. The molecule has 0 saturated carbocycles. The zero-order chi connectivity index (χ0) is 23.7. The summed E-state index contributed by atoms with van der Waals surface area (Å²) in [5.74, 6) is 2.49. The van der Waals surface area contributed by atoms with Crippen LogP contribution in [0.2, 0.25) is 0 Å². The van der Waals surface area contributed by atoms with Crippen LogP contribution in [0.4, 0.5) is 16.2 Å². The standard InChI is InChI=1S/C24H29N5O4S/c1-2-11-28-16-20(15-25-28)29(19-9-12-33-13-10-19)34(31,32)27-24(30)26-23-21-7-3-5-17(21)14-18-6-4-8-22(18)23/h1,14-16,19H,3-13H2,(H2,26,27,30). The zero-order valence-corrected chi connectivity index (χ0v) is 19.9. The lowest BCUT2D eigenvalue weighted by Gasteiger charge is -2.33. The van der Waals surface area contributed by atoms with Crippen LogP contribution in [0, 0.1) is 12.3 Å². The van der Waals surface area contributed by atoms with Gasteiger partial charge in [0.25, 0.3) is 0 Å². The van der Waals surface area contributed by atoms with Crippen LogP contribution in [0.3, 0.4) is 0 Å². The van der Waals surface area contributed by atoms with E-state index in [9.17, 15) is 13.2 Å². The highest BCUT2D eigenvalue weighted by Gasteiger charge is 2.34. The molecule has 1 fully saturated rings. The van der Waals surface area contributed by atoms with Gasteiger partial charge in [-0.3, -0.25) is 4.68 Å². The van der Waals surface area contributed by atoms with E-state index in [1.54, 1.807) is 6.20 Å². The van der Waals surface area contributed by atoms with Crippen molar-refractivity contribution < 1.29 is 17.9 Å². The monoisotopic (exact) mass is 483 g/mol. The van der Waals surface area contributed by atoms with Crippen molar-refractivity contribution in [2.75, 3.05) is 22.8 Å². The maximum Gasteiger partial charge on any atom is 0.334 e. The highest BCUT2D eigenvalue weighted by molar-refractivity contribution is 7.91. The van der Waals surface area contributed by atoms with Crippen LogP contribution in [0.1, 0.15) is 47.9 Å². The maximum atomic E-state index is 13.5. The Morgan fingerprint density at radius 2 is 1.85 bits per heavy atom. The number of hydrogen-bond donors (Lipinski definition) is 2. The van der Waals surface area contributed by atoms with Gasteiger partial charge >= 0.3 is 16.2 Å². The second kappa shape index (κ2) is 9.31. The Balaban J connectivity index is 1.41. The number of anilines is 2. The second-order valence-corrected chi connectivity index (χ2v) is 10.6. The van der Waals surface area contributed by atoms with Gasteiger partial charge in [0.1, 0.15) is 6.54 Å². The first-order valence-electron chi connectivity index (χ1n) is 11.8. The first-order chi connectivity index (χ1) is 16.5. The van der Waals surface area contributed by atoms with Crippen molar-refractivity contribution in [1.82, 2.24) is 14.5 Å². The summed E-state index contributed by atoms with van der Waals surface area (Å²) in [7, 11) is -4.21. The van der Waals surface area contributed by atoms with Gasteiger partial charge in [-0.2, -0.15) is 13.5 Å². The van der Waals surface area contributed by atoms with Crippen LogP contribution in [0.15, 0.2) is 18.5 Å². The molecular formula is C24H29N5O4S. The van der Waals surface area contributed by atoms with E-state index in [0.717, 1.165) is 55.3 Å². The minimum absolute atomic E-state index is 0.222. The summed E-state index contributed by atoms with van der Waals surface area (Å²) in [6.45, 7) is 1.12. The highest BCUT2D eigenvalue weighted by Crippen LogP contribution is 2.38. The number of rotatable bonds is 6. The molecule has 180 valence electrons. The number of aryl methyl sites for hydroxylation is 2. The molecular weight excluding hydrogens is 454 g/mol. The van der Waals surface area contributed by atoms with Crippen LogP contribution < -0.4 is 14.3 Å². The van der Waals surface area contributed by atoms with E-state index in [2.05, 4.69) is 27.1 Å². The summed E-state index contributed by atoms with van der Waals surface area (Å²) in [6.07, 6.45) is 15.3. The van der Waals surface area contributed by atoms with Crippen molar-refractivity contribution >= 4 is 27.6 Å². The number of urea groups is 1. The number of carbonyl (C=O) groups excluding carboxylic acids is 1. The van der Waals surface area contributed by atoms with Gasteiger partial charge in [-0.1, -0.05) is 12.0 Å². The lowest BCUT2D eigenvalue weighted by Crippen LogP contribution is -2.51. The molecule has 5 rings (SSSR count). The van der Waals surface area contributed by atoms with E-state index in [-0.39, 0.29) is 12.6 Å². The number of nitrogens with zero attached hydrogens (tertiary/aromatic N) is 3. The van der Waals surface area contributed by atoms with Crippen LogP contribution in [0.25, 0.3) is 0 Å². The Kier molecular flexibility index (Phi) is 6.23. The average molecular weight is 484 g/mol. The van der Waals surface area contributed by atoms with Gasteiger partial charge in [-0.15, -0.1) is 6.42 Å². The van der Waals surface area contributed by atoms with Gasteiger partial charge < -0.3 is 10.1 Å².